The van der Waals surface area contributed by atoms with Crippen molar-refractivity contribution in [3.05, 3.63) is 64.7 Å². The number of hydrogen-bond donors (Lipinski definition) is 1. The molecule has 0 amide bonds. The van der Waals surface area contributed by atoms with E-state index < -0.39 is 0 Å². The van der Waals surface area contributed by atoms with Gasteiger partial charge in [0.2, 0.25) is 0 Å². The summed E-state index contributed by atoms with van der Waals surface area (Å²) < 4.78 is 5.27. The molecule has 2 aromatic carbocycles. The Morgan fingerprint density at radius 2 is 1.86 bits per heavy atom. The molecule has 1 aliphatic rings. The van der Waals surface area contributed by atoms with Gasteiger partial charge >= 0.3 is 0 Å². The zero-order valence-corrected chi connectivity index (χ0v) is 13.5. The maximum absolute atomic E-state index is 6.02. The second kappa shape index (κ2) is 6.11. The van der Waals surface area contributed by atoms with E-state index in [4.69, 9.17) is 10.5 Å². The molecule has 1 heterocycles. The summed E-state index contributed by atoms with van der Waals surface area (Å²) in [6.45, 7) is 3.79. The van der Waals surface area contributed by atoms with Crippen molar-refractivity contribution in [1.29, 1.82) is 0 Å². The first-order valence-electron chi connectivity index (χ1n) is 7.78. The van der Waals surface area contributed by atoms with Crippen LogP contribution in [0.15, 0.2) is 42.5 Å². The molecule has 3 heteroatoms. The van der Waals surface area contributed by atoms with Gasteiger partial charge in [-0.1, -0.05) is 35.9 Å². The van der Waals surface area contributed by atoms with Crippen LogP contribution in [0.2, 0.25) is 0 Å². The monoisotopic (exact) mass is 296 g/mol. The quantitative estimate of drug-likeness (QED) is 0.946. The van der Waals surface area contributed by atoms with Gasteiger partial charge in [0, 0.05) is 25.0 Å². The lowest BCUT2D eigenvalue weighted by Crippen LogP contribution is -2.39. The number of fused-ring (bicyclic) bond motifs is 1. The van der Waals surface area contributed by atoms with Gasteiger partial charge in [-0.3, -0.25) is 4.90 Å². The van der Waals surface area contributed by atoms with Gasteiger partial charge in [-0.2, -0.15) is 0 Å². The Labute approximate surface area is 132 Å². The highest BCUT2D eigenvalue weighted by Crippen LogP contribution is 2.39. The molecule has 3 nitrogen and oxygen atoms in total. The normalized spacial score (nSPS) is 21.5. The lowest BCUT2D eigenvalue weighted by Gasteiger charge is -2.39. The molecule has 0 saturated heterocycles. The van der Waals surface area contributed by atoms with Crippen molar-refractivity contribution >= 4 is 0 Å². The topological polar surface area (TPSA) is 38.5 Å². The number of aryl methyl sites for hydroxylation is 1. The second-order valence-electron chi connectivity index (χ2n) is 6.15. The van der Waals surface area contributed by atoms with Gasteiger partial charge in [0.25, 0.3) is 0 Å². The van der Waals surface area contributed by atoms with Crippen LogP contribution < -0.4 is 10.5 Å². The Hall–Kier alpha value is -1.84. The summed E-state index contributed by atoms with van der Waals surface area (Å²) in [6, 6.07) is 15.5. The third-order valence-electron chi connectivity index (χ3n) is 4.72. The van der Waals surface area contributed by atoms with Crippen LogP contribution in [0, 0.1) is 6.92 Å². The van der Waals surface area contributed by atoms with Crippen LogP contribution in [0.1, 0.15) is 34.2 Å². The fourth-order valence-corrected chi connectivity index (χ4v) is 3.48. The lowest BCUT2D eigenvalue weighted by atomic mass is 9.81. The Balaban J connectivity index is 2.05. The minimum absolute atomic E-state index is 0.310. The summed E-state index contributed by atoms with van der Waals surface area (Å²) in [5, 5.41) is 0. The minimum atomic E-state index is 0.310. The largest absolute Gasteiger partial charge is 0.497 e. The van der Waals surface area contributed by atoms with E-state index in [1.165, 1.54) is 22.3 Å². The highest BCUT2D eigenvalue weighted by Gasteiger charge is 2.31. The average Bonchev–Trinajstić information content (AvgIpc) is 2.54. The molecule has 0 spiro atoms. The Bertz CT molecular complexity index is 651. The molecule has 2 unspecified atom stereocenters. The van der Waals surface area contributed by atoms with Crippen LogP contribution >= 0.6 is 0 Å². The summed E-state index contributed by atoms with van der Waals surface area (Å²) in [5.41, 5.74) is 11.4. The molecule has 1 aliphatic heterocycles. The number of ether oxygens (including phenoxy) is 1. The van der Waals surface area contributed by atoms with Gasteiger partial charge in [0.05, 0.1) is 7.11 Å². The van der Waals surface area contributed by atoms with E-state index in [1.54, 1.807) is 7.11 Å². The smallest absolute Gasteiger partial charge is 0.118 e. The summed E-state index contributed by atoms with van der Waals surface area (Å²) in [4.78, 5) is 2.37. The van der Waals surface area contributed by atoms with Crippen LogP contribution in [-0.2, 0) is 0 Å². The van der Waals surface area contributed by atoms with Crippen molar-refractivity contribution in [1.82, 2.24) is 4.90 Å². The molecule has 116 valence electrons. The minimum Gasteiger partial charge on any atom is -0.497 e. The zero-order chi connectivity index (χ0) is 15.7. The molecule has 3 rings (SSSR count). The average molecular weight is 296 g/mol. The number of nitrogens with zero attached hydrogens (tertiary/aromatic N) is 1. The first-order valence-corrected chi connectivity index (χ1v) is 7.78. The number of methoxy groups -OCH3 is 1. The molecule has 2 atom stereocenters. The molecule has 0 bridgehead atoms. The van der Waals surface area contributed by atoms with E-state index in [0.29, 0.717) is 18.5 Å². The Kier molecular flexibility index (Phi) is 4.19. The van der Waals surface area contributed by atoms with Crippen molar-refractivity contribution in [2.45, 2.75) is 18.9 Å². The highest BCUT2D eigenvalue weighted by molar-refractivity contribution is 5.45. The first-order chi connectivity index (χ1) is 10.6. The van der Waals surface area contributed by atoms with E-state index in [-0.39, 0.29) is 0 Å². The number of benzene rings is 2. The number of likely N-dealkylation sites (N-methyl/N-ethyl adjacent to an activating group) is 1. The SMILES string of the molecule is COc1ccc(C2CN(C)C(CN)c3cc(C)ccc32)cc1. The standard InChI is InChI=1S/C19H24N2O/c1-13-4-9-16-17(10-13)19(11-20)21(2)12-18(16)14-5-7-15(22-3)8-6-14/h4-10,18-19H,11-12,20H2,1-3H3. The highest BCUT2D eigenvalue weighted by atomic mass is 16.5. The maximum atomic E-state index is 6.02. The van der Waals surface area contributed by atoms with E-state index >= 15 is 0 Å². The van der Waals surface area contributed by atoms with Crippen molar-refractivity contribution in [2.75, 3.05) is 27.2 Å². The van der Waals surface area contributed by atoms with Gasteiger partial charge < -0.3 is 10.5 Å². The predicted molar refractivity (Wildman–Crippen MR) is 90.4 cm³/mol. The van der Waals surface area contributed by atoms with Crippen molar-refractivity contribution in [2.24, 2.45) is 5.73 Å². The van der Waals surface area contributed by atoms with E-state index in [1.807, 2.05) is 12.1 Å². The van der Waals surface area contributed by atoms with Gasteiger partial charge in [-0.25, -0.2) is 0 Å². The molecule has 0 fully saturated rings. The van der Waals surface area contributed by atoms with Crippen LogP contribution in [0.4, 0.5) is 0 Å². The molecule has 2 N–H and O–H groups in total. The maximum Gasteiger partial charge on any atom is 0.118 e. The van der Waals surface area contributed by atoms with Crippen molar-refractivity contribution in [3.63, 3.8) is 0 Å². The third kappa shape index (κ3) is 2.62. The lowest BCUT2D eigenvalue weighted by molar-refractivity contribution is 0.223. The number of hydrogen-bond acceptors (Lipinski definition) is 3. The zero-order valence-electron chi connectivity index (χ0n) is 13.5. The first kappa shape index (κ1) is 15.1. The molecule has 22 heavy (non-hydrogen) atoms. The van der Waals surface area contributed by atoms with Gasteiger partial charge in [-0.05, 0) is 42.8 Å². The fourth-order valence-electron chi connectivity index (χ4n) is 3.48. The number of rotatable bonds is 3. The summed E-state index contributed by atoms with van der Waals surface area (Å²) in [6.07, 6.45) is 0. The van der Waals surface area contributed by atoms with E-state index in [0.717, 1.165) is 12.3 Å². The molecule has 0 radical (unpaired) electrons. The van der Waals surface area contributed by atoms with E-state index in [2.05, 4.69) is 49.2 Å². The second-order valence-corrected chi connectivity index (χ2v) is 6.15. The summed E-state index contributed by atoms with van der Waals surface area (Å²) in [5.74, 6) is 1.28. The molecule has 0 aromatic heterocycles. The number of nitrogens with two attached hydrogens (primary N) is 1. The van der Waals surface area contributed by atoms with Crippen molar-refractivity contribution < 1.29 is 4.74 Å². The van der Waals surface area contributed by atoms with E-state index in [9.17, 15) is 0 Å². The van der Waals surface area contributed by atoms with Crippen LogP contribution in [0.25, 0.3) is 0 Å². The predicted octanol–water partition coefficient (Wildman–Crippen LogP) is 3.08. The molecule has 0 aliphatic carbocycles. The Morgan fingerprint density at radius 3 is 2.50 bits per heavy atom. The van der Waals surface area contributed by atoms with Crippen LogP contribution in [0.5, 0.6) is 5.75 Å². The van der Waals surface area contributed by atoms with Gasteiger partial charge in [-0.15, -0.1) is 0 Å². The van der Waals surface area contributed by atoms with Crippen molar-refractivity contribution in [3.8, 4) is 5.75 Å². The third-order valence-corrected chi connectivity index (χ3v) is 4.72. The summed E-state index contributed by atoms with van der Waals surface area (Å²) in [7, 11) is 3.87. The van der Waals surface area contributed by atoms with Crippen LogP contribution in [0.3, 0.4) is 0 Å². The Morgan fingerprint density at radius 1 is 1.14 bits per heavy atom. The molecule has 2 aromatic rings. The van der Waals surface area contributed by atoms with Gasteiger partial charge in [0.15, 0.2) is 0 Å². The summed E-state index contributed by atoms with van der Waals surface area (Å²) >= 11 is 0. The fraction of sp³-hybridized carbons (Fsp3) is 0.368. The van der Waals surface area contributed by atoms with Gasteiger partial charge in [0.1, 0.15) is 5.75 Å². The molecule has 0 saturated carbocycles. The molecular formula is C19H24N2O. The molecular weight excluding hydrogens is 272 g/mol. The van der Waals surface area contributed by atoms with Crippen LogP contribution in [-0.4, -0.2) is 32.1 Å².